The monoisotopic (exact) mass is 450 g/mol. The van der Waals surface area contributed by atoms with E-state index in [4.69, 9.17) is 5.73 Å². The van der Waals surface area contributed by atoms with Crippen LogP contribution in [0.25, 0.3) is 11.1 Å². The van der Waals surface area contributed by atoms with Gasteiger partial charge in [-0.1, -0.05) is 24.9 Å². The Morgan fingerprint density at radius 2 is 2.06 bits per heavy atom. The molecule has 1 aliphatic rings. The van der Waals surface area contributed by atoms with E-state index < -0.39 is 0 Å². The van der Waals surface area contributed by atoms with Crippen LogP contribution in [0.3, 0.4) is 0 Å². The molecular formula is C24H27FN6S. The highest BCUT2D eigenvalue weighted by Crippen LogP contribution is 2.34. The lowest BCUT2D eigenvalue weighted by atomic mass is 9.90. The van der Waals surface area contributed by atoms with Crippen LogP contribution in [-0.4, -0.2) is 25.3 Å². The van der Waals surface area contributed by atoms with Gasteiger partial charge in [0.25, 0.3) is 0 Å². The van der Waals surface area contributed by atoms with Crippen LogP contribution in [0.5, 0.6) is 0 Å². The Bertz CT molecular complexity index is 1180. The Morgan fingerprint density at radius 3 is 2.81 bits per heavy atom. The minimum atomic E-state index is -0.209. The number of halogens is 1. The van der Waals surface area contributed by atoms with Gasteiger partial charge < -0.3 is 5.73 Å². The van der Waals surface area contributed by atoms with E-state index in [0.29, 0.717) is 24.6 Å². The van der Waals surface area contributed by atoms with E-state index in [1.165, 1.54) is 6.07 Å². The summed E-state index contributed by atoms with van der Waals surface area (Å²) in [4.78, 5) is 4.42. The van der Waals surface area contributed by atoms with E-state index in [9.17, 15) is 9.65 Å². The molecule has 0 spiro atoms. The number of nitrogens with two attached hydrogens (primary N) is 1. The Morgan fingerprint density at radius 1 is 1.25 bits per heavy atom. The minimum absolute atomic E-state index is 0.209. The maximum absolute atomic E-state index is 14.1. The number of hydrogen-bond acceptors (Lipinski definition) is 6. The fourth-order valence-corrected chi connectivity index (χ4v) is 4.96. The van der Waals surface area contributed by atoms with Crippen LogP contribution in [0.4, 0.5) is 10.2 Å². The molecule has 6 nitrogen and oxygen atoms in total. The lowest BCUT2D eigenvalue weighted by Crippen LogP contribution is -2.17. The van der Waals surface area contributed by atoms with E-state index in [1.807, 2.05) is 18.4 Å². The molecule has 2 aromatic heterocycles. The van der Waals surface area contributed by atoms with Crippen LogP contribution < -0.4 is 5.73 Å². The number of pyridine rings is 1. The Hall–Kier alpha value is -2.89. The largest absolute Gasteiger partial charge is 0.383 e. The second kappa shape index (κ2) is 9.31. The molecule has 0 saturated heterocycles. The molecule has 32 heavy (non-hydrogen) atoms. The van der Waals surface area contributed by atoms with Crippen molar-refractivity contribution in [2.45, 2.75) is 45.2 Å². The van der Waals surface area contributed by atoms with Gasteiger partial charge in [0, 0.05) is 30.9 Å². The predicted molar refractivity (Wildman–Crippen MR) is 126 cm³/mol. The van der Waals surface area contributed by atoms with Crippen molar-refractivity contribution in [3.8, 4) is 17.2 Å². The molecule has 1 atom stereocenters. The number of nitriles is 1. The number of hydrogen-bond donors (Lipinski definition) is 1. The maximum atomic E-state index is 14.1. The van der Waals surface area contributed by atoms with E-state index >= 15 is 0 Å². The number of benzene rings is 1. The fraction of sp³-hybridized carbons (Fsp3) is 0.375. The maximum Gasteiger partial charge on any atom is 0.146 e. The van der Waals surface area contributed by atoms with Crippen molar-refractivity contribution in [2.24, 2.45) is 7.05 Å². The molecule has 0 aliphatic carbocycles. The van der Waals surface area contributed by atoms with Crippen LogP contribution in [-0.2, 0) is 26.6 Å². The van der Waals surface area contributed by atoms with E-state index in [0.717, 1.165) is 52.8 Å². The molecule has 0 amide bonds. The topological polar surface area (TPSA) is 83.8 Å². The average molecular weight is 451 g/mol. The van der Waals surface area contributed by atoms with Gasteiger partial charge in [0.1, 0.15) is 23.4 Å². The molecule has 0 unspecified atom stereocenters. The molecule has 0 fully saturated rings. The van der Waals surface area contributed by atoms with Gasteiger partial charge in [-0.05, 0) is 66.3 Å². The lowest BCUT2D eigenvalue weighted by Gasteiger charge is -2.23. The third-order valence-electron chi connectivity index (χ3n) is 6.17. The summed E-state index contributed by atoms with van der Waals surface area (Å²) >= 11 is 1.61. The molecule has 4 rings (SSSR count). The van der Waals surface area contributed by atoms with Crippen molar-refractivity contribution in [2.75, 3.05) is 12.0 Å². The molecule has 2 N–H and O–H groups in total. The first kappa shape index (κ1) is 22.3. The summed E-state index contributed by atoms with van der Waals surface area (Å²) in [6.07, 6.45) is 6.35. The molecule has 1 aliphatic heterocycles. The minimum Gasteiger partial charge on any atom is -0.383 e. The number of aryl methyl sites for hydroxylation is 2. The van der Waals surface area contributed by atoms with Crippen LogP contribution in [0.15, 0.2) is 30.5 Å². The van der Waals surface area contributed by atoms with Crippen molar-refractivity contribution in [3.05, 3.63) is 64.4 Å². The van der Waals surface area contributed by atoms with Gasteiger partial charge in [0.05, 0.1) is 12.2 Å². The summed E-state index contributed by atoms with van der Waals surface area (Å²) in [5.74, 6) is 0.522. The van der Waals surface area contributed by atoms with Crippen molar-refractivity contribution in [1.82, 2.24) is 19.1 Å². The summed E-state index contributed by atoms with van der Waals surface area (Å²) in [6.45, 7) is 3.35. The number of nitrogen functional groups attached to an aromatic ring is 1. The molecule has 8 heteroatoms. The summed E-state index contributed by atoms with van der Waals surface area (Å²) in [7, 11) is 1.79. The third kappa shape index (κ3) is 4.36. The smallest absolute Gasteiger partial charge is 0.146 e. The van der Waals surface area contributed by atoms with Crippen LogP contribution >= 0.6 is 11.9 Å². The lowest BCUT2D eigenvalue weighted by molar-refractivity contribution is 0.449. The normalized spacial score (nSPS) is 17.2. The van der Waals surface area contributed by atoms with Crippen LogP contribution in [0, 0.1) is 17.1 Å². The Kier molecular flexibility index (Phi) is 6.49. The zero-order valence-corrected chi connectivity index (χ0v) is 19.4. The number of anilines is 1. The zero-order valence-electron chi connectivity index (χ0n) is 18.6. The molecule has 0 saturated carbocycles. The highest BCUT2D eigenvalue weighted by Gasteiger charge is 2.23. The summed E-state index contributed by atoms with van der Waals surface area (Å²) in [5, 5.41) is 14.5. The van der Waals surface area contributed by atoms with E-state index in [1.54, 1.807) is 35.9 Å². The molecule has 2 bridgehead atoms. The van der Waals surface area contributed by atoms with Crippen molar-refractivity contribution in [1.29, 1.82) is 5.26 Å². The first-order valence-electron chi connectivity index (χ1n) is 10.7. The molecule has 3 heterocycles. The predicted octanol–water partition coefficient (Wildman–Crippen LogP) is 4.80. The molecule has 1 aromatic carbocycles. The second-order valence-electron chi connectivity index (χ2n) is 8.29. The molecule has 166 valence electrons. The van der Waals surface area contributed by atoms with Gasteiger partial charge >= 0.3 is 0 Å². The van der Waals surface area contributed by atoms with Gasteiger partial charge in [0.15, 0.2) is 0 Å². The Balaban J connectivity index is 1.86. The second-order valence-corrected chi connectivity index (χ2v) is 9.17. The van der Waals surface area contributed by atoms with E-state index in [-0.39, 0.29) is 11.7 Å². The quantitative estimate of drug-likeness (QED) is 0.537. The van der Waals surface area contributed by atoms with Crippen LogP contribution in [0.1, 0.15) is 53.8 Å². The molecule has 3 aromatic rings. The number of nitrogens with zero attached hydrogens (tertiary/aromatic N) is 5. The van der Waals surface area contributed by atoms with Gasteiger partial charge in [-0.2, -0.15) is 10.4 Å². The highest BCUT2D eigenvalue weighted by molar-refractivity contribution is 7.96. The number of fused-ring (bicyclic) bond motifs is 5. The van der Waals surface area contributed by atoms with Crippen molar-refractivity contribution >= 4 is 17.8 Å². The summed E-state index contributed by atoms with van der Waals surface area (Å²) < 4.78 is 17.9. The van der Waals surface area contributed by atoms with Crippen molar-refractivity contribution in [3.63, 3.8) is 0 Å². The van der Waals surface area contributed by atoms with Gasteiger partial charge in [-0.25, -0.2) is 13.7 Å². The standard InChI is InChI=1S/C24H27FN6S/c1-15-5-4-6-16-9-18(12-28-24(16)27)23-21(29-30(2)22(23)11-26)14-31(32-3)13-17-7-8-19(25)10-20(15)17/h7-10,12,15H,4-6,13-14H2,1-3H3,(H2,27,28)/t15-/m0/s1. The first-order chi connectivity index (χ1) is 15.4. The first-order valence-corrected chi connectivity index (χ1v) is 11.9. The van der Waals surface area contributed by atoms with Crippen LogP contribution in [0.2, 0.25) is 0 Å². The summed E-state index contributed by atoms with van der Waals surface area (Å²) in [6, 6.07) is 9.42. The number of aromatic nitrogens is 3. The SMILES string of the molecule is CSN1Cc2ccc(F)cc2[C@@H](C)CCCc2cc(cnc2N)-c2c(nn(C)c2C#N)C1. The zero-order chi connectivity index (χ0) is 22.8. The van der Waals surface area contributed by atoms with Gasteiger partial charge in [0.2, 0.25) is 0 Å². The fourth-order valence-electron chi connectivity index (χ4n) is 4.44. The van der Waals surface area contributed by atoms with E-state index in [2.05, 4.69) is 27.4 Å². The Labute approximate surface area is 192 Å². The third-order valence-corrected chi connectivity index (χ3v) is 6.94. The molecule has 0 radical (unpaired) electrons. The summed E-state index contributed by atoms with van der Waals surface area (Å²) in [5.41, 5.74) is 12.3. The number of rotatable bonds is 1. The van der Waals surface area contributed by atoms with Gasteiger partial charge in [-0.3, -0.25) is 4.68 Å². The average Bonchev–Trinajstić information content (AvgIpc) is 3.09. The van der Waals surface area contributed by atoms with Crippen molar-refractivity contribution < 1.29 is 4.39 Å². The molecular weight excluding hydrogens is 423 g/mol. The van der Waals surface area contributed by atoms with Gasteiger partial charge in [-0.15, -0.1) is 0 Å². The highest BCUT2D eigenvalue weighted by atomic mass is 32.2.